The Kier molecular flexibility index (Phi) is 14.2. The SMILES string of the molecule is CN(C)c1ccncc1.CN(C)c1ccncc1.O=c1c2ccccc2[se]n1Cc1ccccc1.O=c1c2ccccc2[se]n1Cc1ccccc1. The zero-order chi connectivity index (χ0) is 36.7. The third-order valence-corrected chi connectivity index (χ3v) is 12.3. The fraction of sp³-hybridized carbons (Fsp3) is 0.143. The van der Waals surface area contributed by atoms with E-state index in [1.807, 2.05) is 142 Å². The molecule has 264 valence electrons. The molecule has 0 spiro atoms. The Morgan fingerprint density at radius 1 is 0.462 bits per heavy atom. The first-order chi connectivity index (χ1) is 25.3. The van der Waals surface area contributed by atoms with E-state index in [-0.39, 0.29) is 40.6 Å². The van der Waals surface area contributed by atoms with Crippen molar-refractivity contribution >= 4 is 60.1 Å². The van der Waals surface area contributed by atoms with Crippen LogP contribution in [-0.4, -0.2) is 74.7 Å². The minimum absolute atomic E-state index is 0.128. The van der Waals surface area contributed by atoms with Crippen LogP contribution >= 0.6 is 0 Å². The van der Waals surface area contributed by atoms with Crippen molar-refractivity contribution in [3.63, 3.8) is 0 Å². The Bertz CT molecular complexity index is 2180. The first kappa shape index (κ1) is 38.0. The maximum absolute atomic E-state index is 12.1. The molecule has 0 aliphatic rings. The first-order valence-corrected chi connectivity index (χ1v) is 19.9. The number of rotatable bonds is 6. The molecular weight excluding hydrogens is 778 g/mol. The van der Waals surface area contributed by atoms with Gasteiger partial charge >= 0.3 is 210 Å². The summed E-state index contributed by atoms with van der Waals surface area (Å²) in [6, 6.07) is 44.0. The monoisotopic (exact) mass is 822 g/mol. The van der Waals surface area contributed by atoms with Gasteiger partial charge in [0, 0.05) is 64.4 Å². The molecule has 4 aromatic heterocycles. The van der Waals surface area contributed by atoms with Gasteiger partial charge in [0.25, 0.3) is 0 Å². The average molecular weight is 821 g/mol. The third kappa shape index (κ3) is 10.9. The fourth-order valence-corrected chi connectivity index (χ4v) is 9.33. The van der Waals surface area contributed by atoms with E-state index in [2.05, 4.69) is 46.4 Å². The van der Waals surface area contributed by atoms with Crippen molar-refractivity contribution in [1.29, 1.82) is 0 Å². The predicted octanol–water partition coefficient (Wildman–Crippen LogP) is 6.51. The Labute approximate surface area is 316 Å². The summed E-state index contributed by atoms with van der Waals surface area (Å²) >= 11 is 0.257. The van der Waals surface area contributed by atoms with E-state index in [0.717, 1.165) is 10.8 Å². The molecule has 0 radical (unpaired) electrons. The van der Waals surface area contributed by atoms with E-state index in [4.69, 9.17) is 0 Å². The molecule has 0 fully saturated rings. The summed E-state index contributed by atoms with van der Waals surface area (Å²) < 4.78 is 6.29. The van der Waals surface area contributed by atoms with Crippen molar-refractivity contribution in [3.05, 3.63) is 190 Å². The van der Waals surface area contributed by atoms with Crippen LogP contribution in [0.25, 0.3) is 19.3 Å². The normalized spacial score (nSPS) is 10.2. The minimum atomic E-state index is 0.128. The summed E-state index contributed by atoms with van der Waals surface area (Å²) in [5.41, 5.74) is 5.09. The molecule has 0 aliphatic heterocycles. The van der Waals surface area contributed by atoms with Crippen LogP contribution in [0.5, 0.6) is 0 Å². The zero-order valence-corrected chi connectivity index (χ0v) is 33.2. The number of pyridine rings is 2. The molecule has 4 aromatic carbocycles. The van der Waals surface area contributed by atoms with Gasteiger partial charge in [0.1, 0.15) is 0 Å². The quantitative estimate of drug-likeness (QED) is 0.178. The van der Waals surface area contributed by atoms with Crippen LogP contribution in [0.15, 0.2) is 168 Å². The second-order valence-electron chi connectivity index (χ2n) is 12.0. The van der Waals surface area contributed by atoms with Gasteiger partial charge in [0.15, 0.2) is 0 Å². The van der Waals surface area contributed by atoms with Crippen LogP contribution in [0.4, 0.5) is 11.4 Å². The number of aromatic nitrogens is 4. The van der Waals surface area contributed by atoms with Gasteiger partial charge in [-0.3, -0.25) is 9.97 Å². The third-order valence-electron chi connectivity index (χ3n) is 7.80. The molecule has 0 atom stereocenters. The van der Waals surface area contributed by atoms with E-state index >= 15 is 0 Å². The number of benzene rings is 4. The van der Waals surface area contributed by atoms with Crippen LogP contribution in [-0.2, 0) is 13.1 Å². The van der Waals surface area contributed by atoms with E-state index in [9.17, 15) is 9.59 Å². The van der Waals surface area contributed by atoms with Crippen molar-refractivity contribution in [2.75, 3.05) is 38.0 Å². The maximum atomic E-state index is 12.1. The summed E-state index contributed by atoms with van der Waals surface area (Å²) in [6.07, 6.45) is 7.15. The van der Waals surface area contributed by atoms with Crippen LogP contribution in [0.1, 0.15) is 11.1 Å². The molecular formula is C42H42N6O2Se2. The van der Waals surface area contributed by atoms with Crippen molar-refractivity contribution in [1.82, 2.24) is 17.1 Å². The second kappa shape index (κ2) is 19.4. The van der Waals surface area contributed by atoms with Crippen molar-refractivity contribution < 1.29 is 0 Å². The van der Waals surface area contributed by atoms with Crippen LogP contribution in [0.3, 0.4) is 0 Å². The summed E-state index contributed by atoms with van der Waals surface area (Å²) in [5.74, 6) is 0. The topological polar surface area (TPSA) is 76.3 Å². The first-order valence-electron chi connectivity index (χ1n) is 16.7. The molecule has 0 bridgehead atoms. The Hall–Kier alpha value is -5.24. The molecule has 10 heteroatoms. The molecule has 8 rings (SSSR count). The van der Waals surface area contributed by atoms with Crippen LogP contribution < -0.4 is 20.9 Å². The molecule has 0 unspecified atom stereocenters. The summed E-state index contributed by atoms with van der Waals surface area (Å²) in [7, 11) is 8.04. The summed E-state index contributed by atoms with van der Waals surface area (Å²) in [6.45, 7) is 1.43. The van der Waals surface area contributed by atoms with Crippen molar-refractivity contribution in [2.24, 2.45) is 0 Å². The molecule has 8 nitrogen and oxygen atoms in total. The summed E-state index contributed by atoms with van der Waals surface area (Å²) in [5, 5.41) is 1.76. The molecule has 0 aliphatic carbocycles. The molecule has 52 heavy (non-hydrogen) atoms. The number of hydrogen-bond donors (Lipinski definition) is 0. The molecule has 0 N–H and O–H groups in total. The predicted molar refractivity (Wildman–Crippen MR) is 219 cm³/mol. The van der Waals surface area contributed by atoms with E-state index in [0.29, 0.717) is 13.1 Å². The number of fused-ring (bicyclic) bond motifs is 2. The van der Waals surface area contributed by atoms with E-state index in [1.165, 1.54) is 31.0 Å². The van der Waals surface area contributed by atoms with Gasteiger partial charge in [-0.2, -0.15) is 0 Å². The Morgan fingerprint density at radius 2 is 0.788 bits per heavy atom. The van der Waals surface area contributed by atoms with Gasteiger partial charge in [0.05, 0.1) is 0 Å². The van der Waals surface area contributed by atoms with Gasteiger partial charge in [-0.15, -0.1) is 0 Å². The Morgan fingerprint density at radius 3 is 1.10 bits per heavy atom. The van der Waals surface area contributed by atoms with Gasteiger partial charge in [-0.05, 0) is 24.3 Å². The number of hydrogen-bond acceptors (Lipinski definition) is 6. The fourth-order valence-electron chi connectivity index (χ4n) is 5.03. The number of anilines is 2. The molecule has 4 heterocycles. The second-order valence-corrected chi connectivity index (χ2v) is 16.5. The molecule has 0 saturated carbocycles. The van der Waals surface area contributed by atoms with Crippen LogP contribution in [0.2, 0.25) is 0 Å². The molecule has 0 amide bonds. The van der Waals surface area contributed by atoms with Gasteiger partial charge in [0.2, 0.25) is 0 Å². The average Bonchev–Trinajstić information content (AvgIpc) is 3.68. The van der Waals surface area contributed by atoms with Crippen molar-refractivity contribution in [2.45, 2.75) is 13.1 Å². The van der Waals surface area contributed by atoms with Gasteiger partial charge < -0.3 is 9.80 Å². The molecule has 0 saturated heterocycles. The van der Waals surface area contributed by atoms with Gasteiger partial charge in [-0.25, -0.2) is 0 Å². The van der Waals surface area contributed by atoms with E-state index in [1.54, 1.807) is 24.8 Å². The van der Waals surface area contributed by atoms with Crippen LogP contribution in [0, 0.1) is 0 Å². The standard InChI is InChI=1S/2C14H11NOSe.2C7H10N2/c2*16-14-12-8-4-5-9-13(12)17-15(14)10-11-6-2-1-3-7-11;2*1-9(2)7-3-5-8-6-4-7/h2*1-9H,10H2;2*3-6H,1-2H3. The van der Waals surface area contributed by atoms with Crippen molar-refractivity contribution in [3.8, 4) is 0 Å². The number of nitrogens with zero attached hydrogens (tertiary/aromatic N) is 6. The Balaban J connectivity index is 0.000000140. The molecule has 8 aromatic rings. The summed E-state index contributed by atoms with van der Waals surface area (Å²) in [4.78, 5) is 36.2. The van der Waals surface area contributed by atoms with E-state index < -0.39 is 0 Å². The zero-order valence-electron chi connectivity index (χ0n) is 29.7. The van der Waals surface area contributed by atoms with Gasteiger partial charge in [-0.1, -0.05) is 0 Å².